The molecular formula is C20H22ClNO4S. The molecule has 7 heteroatoms. The van der Waals surface area contributed by atoms with Crippen molar-refractivity contribution in [3.8, 4) is 0 Å². The number of carbonyl (C=O) groups excluding carboxylic acids is 1. The highest BCUT2D eigenvalue weighted by atomic mass is 35.7. The van der Waals surface area contributed by atoms with Gasteiger partial charge >= 0.3 is 6.09 Å². The number of carbonyl (C=O) groups is 1. The second kappa shape index (κ2) is 8.76. The Hall–Kier alpha value is -2.05. The maximum absolute atomic E-state index is 12.3. The van der Waals surface area contributed by atoms with Crippen molar-refractivity contribution < 1.29 is 17.9 Å². The molecule has 0 unspecified atom stereocenters. The summed E-state index contributed by atoms with van der Waals surface area (Å²) in [5, 5.41) is 0. The molecule has 1 aliphatic heterocycles. The van der Waals surface area contributed by atoms with Crippen molar-refractivity contribution in [2.45, 2.75) is 31.1 Å². The average molecular weight is 408 g/mol. The molecule has 2 aromatic rings. The summed E-state index contributed by atoms with van der Waals surface area (Å²) < 4.78 is 28.3. The van der Waals surface area contributed by atoms with Gasteiger partial charge in [0.25, 0.3) is 0 Å². The first-order valence-electron chi connectivity index (χ1n) is 8.88. The van der Waals surface area contributed by atoms with Crippen molar-refractivity contribution >= 4 is 25.8 Å². The van der Waals surface area contributed by atoms with Crippen LogP contribution in [0.3, 0.4) is 0 Å². The molecule has 1 aliphatic rings. The van der Waals surface area contributed by atoms with E-state index in [1.807, 2.05) is 48.5 Å². The molecular weight excluding hydrogens is 386 g/mol. The Morgan fingerprint density at radius 3 is 2.33 bits per heavy atom. The highest BCUT2D eigenvalue weighted by molar-refractivity contribution is 8.13. The predicted octanol–water partition coefficient (Wildman–Crippen LogP) is 4.27. The molecule has 0 spiro atoms. The summed E-state index contributed by atoms with van der Waals surface area (Å²) in [6.45, 7) is 1.43. The molecule has 144 valence electrons. The summed E-state index contributed by atoms with van der Waals surface area (Å²) in [6.07, 6.45) is 1.22. The maximum atomic E-state index is 12.3. The van der Waals surface area contributed by atoms with Crippen LogP contribution < -0.4 is 0 Å². The Morgan fingerprint density at radius 2 is 1.67 bits per heavy atom. The lowest BCUT2D eigenvalue weighted by Gasteiger charge is -2.32. The van der Waals surface area contributed by atoms with E-state index < -0.39 is 9.05 Å². The molecule has 1 fully saturated rings. The van der Waals surface area contributed by atoms with Gasteiger partial charge in [0.05, 0.1) is 5.75 Å². The second-order valence-electron chi connectivity index (χ2n) is 6.68. The van der Waals surface area contributed by atoms with Crippen LogP contribution in [0.4, 0.5) is 4.79 Å². The molecule has 5 nitrogen and oxygen atoms in total. The van der Waals surface area contributed by atoms with Crippen molar-refractivity contribution in [3.63, 3.8) is 0 Å². The third-order valence-corrected chi connectivity index (χ3v) is 5.76. The summed E-state index contributed by atoms with van der Waals surface area (Å²) in [4.78, 5) is 14.0. The Labute approximate surface area is 164 Å². The zero-order chi connectivity index (χ0) is 19.3. The lowest BCUT2D eigenvalue weighted by Crippen LogP contribution is -2.38. The Kier molecular flexibility index (Phi) is 6.39. The molecule has 1 saturated heterocycles. The number of benzene rings is 2. The monoisotopic (exact) mass is 407 g/mol. The molecule has 2 aromatic carbocycles. The van der Waals surface area contributed by atoms with E-state index in [2.05, 4.69) is 0 Å². The Morgan fingerprint density at radius 1 is 1.04 bits per heavy atom. The minimum Gasteiger partial charge on any atom is -0.445 e. The summed E-state index contributed by atoms with van der Waals surface area (Å²) in [5.74, 6) is 0.0298. The van der Waals surface area contributed by atoms with Gasteiger partial charge in [0.1, 0.15) is 6.61 Å². The smallest absolute Gasteiger partial charge is 0.410 e. The molecule has 0 atom stereocenters. The van der Waals surface area contributed by atoms with Crippen LogP contribution in [0, 0.1) is 0 Å². The van der Waals surface area contributed by atoms with E-state index in [1.165, 1.54) is 0 Å². The highest BCUT2D eigenvalue weighted by Gasteiger charge is 2.26. The van der Waals surface area contributed by atoms with Crippen molar-refractivity contribution in [3.05, 3.63) is 71.3 Å². The fourth-order valence-electron chi connectivity index (χ4n) is 3.43. The standard InChI is InChI=1S/C20H22ClNO4S/c21-27(24,25)15-18-8-4-5-9-19(18)17-10-12-22(13-11-17)20(23)26-14-16-6-2-1-3-7-16/h1-9,17H,10-15H2. The van der Waals surface area contributed by atoms with Crippen LogP contribution in [0.1, 0.15) is 35.4 Å². The van der Waals surface area contributed by atoms with Crippen LogP contribution >= 0.6 is 10.7 Å². The summed E-state index contributed by atoms with van der Waals surface area (Å²) in [6, 6.07) is 17.0. The molecule has 1 amide bonds. The van der Waals surface area contributed by atoms with Crippen LogP contribution in [-0.2, 0) is 26.1 Å². The van der Waals surface area contributed by atoms with E-state index in [4.69, 9.17) is 15.4 Å². The predicted molar refractivity (Wildman–Crippen MR) is 105 cm³/mol. The van der Waals surface area contributed by atoms with Crippen molar-refractivity contribution in [1.82, 2.24) is 4.90 Å². The normalized spacial score (nSPS) is 15.5. The van der Waals surface area contributed by atoms with Gasteiger partial charge in [-0.05, 0) is 35.4 Å². The van der Waals surface area contributed by atoms with E-state index in [0.29, 0.717) is 13.1 Å². The zero-order valence-corrected chi connectivity index (χ0v) is 16.5. The van der Waals surface area contributed by atoms with Crippen LogP contribution in [-0.4, -0.2) is 32.5 Å². The molecule has 1 heterocycles. The third kappa shape index (κ3) is 5.71. The number of likely N-dealkylation sites (tertiary alicyclic amines) is 1. The molecule has 3 rings (SSSR count). The van der Waals surface area contributed by atoms with E-state index >= 15 is 0 Å². The van der Waals surface area contributed by atoms with E-state index in [-0.39, 0.29) is 24.4 Å². The number of rotatable bonds is 5. The molecule has 27 heavy (non-hydrogen) atoms. The number of hydrogen-bond donors (Lipinski definition) is 0. The van der Waals surface area contributed by atoms with Gasteiger partial charge in [0, 0.05) is 23.8 Å². The SMILES string of the molecule is O=C(OCc1ccccc1)N1CCC(c2ccccc2CS(=O)(=O)Cl)CC1. The topological polar surface area (TPSA) is 63.7 Å². The van der Waals surface area contributed by atoms with Crippen LogP contribution in [0.5, 0.6) is 0 Å². The lowest BCUT2D eigenvalue weighted by molar-refractivity contribution is 0.0870. The average Bonchev–Trinajstić information content (AvgIpc) is 2.66. The van der Waals surface area contributed by atoms with Crippen LogP contribution in [0.25, 0.3) is 0 Å². The molecule has 0 aliphatic carbocycles. The Balaban J connectivity index is 1.57. The summed E-state index contributed by atoms with van der Waals surface area (Å²) >= 11 is 0. The summed E-state index contributed by atoms with van der Waals surface area (Å²) in [5.41, 5.74) is 2.69. The summed E-state index contributed by atoms with van der Waals surface area (Å²) in [7, 11) is 1.82. The van der Waals surface area contributed by atoms with Crippen LogP contribution in [0.2, 0.25) is 0 Å². The first kappa shape index (κ1) is 19.7. The third-order valence-electron chi connectivity index (χ3n) is 4.78. The van der Waals surface area contributed by atoms with Gasteiger partial charge in [-0.25, -0.2) is 13.2 Å². The van der Waals surface area contributed by atoms with Crippen LogP contribution in [0.15, 0.2) is 54.6 Å². The molecule has 0 N–H and O–H groups in total. The Bertz CT molecular complexity index is 878. The second-order valence-corrected chi connectivity index (χ2v) is 9.46. The van der Waals surface area contributed by atoms with Gasteiger partial charge in [0.2, 0.25) is 9.05 Å². The molecule has 0 bridgehead atoms. The first-order valence-corrected chi connectivity index (χ1v) is 11.4. The lowest BCUT2D eigenvalue weighted by atomic mass is 9.87. The minimum atomic E-state index is -3.61. The van der Waals surface area contributed by atoms with E-state index in [0.717, 1.165) is 29.5 Å². The zero-order valence-electron chi connectivity index (χ0n) is 14.9. The fourth-order valence-corrected chi connectivity index (χ4v) is 4.42. The van der Waals surface area contributed by atoms with Crippen molar-refractivity contribution in [2.24, 2.45) is 0 Å². The van der Waals surface area contributed by atoms with Gasteiger partial charge in [-0.2, -0.15) is 0 Å². The van der Waals surface area contributed by atoms with Crippen molar-refractivity contribution in [1.29, 1.82) is 0 Å². The van der Waals surface area contributed by atoms with Gasteiger partial charge in [-0.15, -0.1) is 0 Å². The number of piperidine rings is 1. The van der Waals surface area contributed by atoms with Gasteiger partial charge in [-0.3, -0.25) is 0 Å². The number of nitrogens with zero attached hydrogens (tertiary/aromatic N) is 1. The maximum Gasteiger partial charge on any atom is 0.410 e. The molecule has 0 radical (unpaired) electrons. The number of ether oxygens (including phenoxy) is 1. The highest BCUT2D eigenvalue weighted by Crippen LogP contribution is 2.31. The quantitative estimate of drug-likeness (QED) is 0.694. The number of hydrogen-bond acceptors (Lipinski definition) is 4. The number of halogens is 1. The first-order chi connectivity index (χ1) is 12.9. The van der Waals surface area contributed by atoms with Crippen molar-refractivity contribution in [2.75, 3.05) is 13.1 Å². The minimum absolute atomic E-state index is 0.177. The van der Waals surface area contributed by atoms with E-state index in [9.17, 15) is 13.2 Å². The van der Waals surface area contributed by atoms with Gasteiger partial charge in [0.15, 0.2) is 0 Å². The van der Waals surface area contributed by atoms with Gasteiger partial charge in [-0.1, -0.05) is 54.6 Å². The fraction of sp³-hybridized carbons (Fsp3) is 0.350. The molecule has 0 saturated carbocycles. The molecule has 0 aromatic heterocycles. The number of amides is 1. The van der Waals surface area contributed by atoms with Gasteiger partial charge < -0.3 is 9.64 Å². The van der Waals surface area contributed by atoms with E-state index in [1.54, 1.807) is 11.0 Å². The largest absolute Gasteiger partial charge is 0.445 e.